The van der Waals surface area contributed by atoms with Crippen LogP contribution in [0.5, 0.6) is 0 Å². The Kier molecular flexibility index (Phi) is 8.91. The molecule has 11 heteroatoms. The van der Waals surface area contributed by atoms with E-state index in [0.29, 0.717) is 51.3 Å². The van der Waals surface area contributed by atoms with E-state index >= 15 is 0 Å². The number of carbonyl (C=O) groups is 4. The smallest absolute Gasteiger partial charge is 0.270 e. The predicted octanol–water partition coefficient (Wildman–Crippen LogP) is 1.19. The molecular weight excluding hydrogens is 486 g/mol. The number of H-pyrrole nitrogens is 1. The average molecular weight is 520 g/mol. The van der Waals surface area contributed by atoms with Crippen molar-refractivity contribution in [2.24, 2.45) is 0 Å². The van der Waals surface area contributed by atoms with Gasteiger partial charge in [-0.05, 0) is 36.6 Å². The van der Waals surface area contributed by atoms with Crippen LogP contribution in [0.2, 0.25) is 0 Å². The van der Waals surface area contributed by atoms with Gasteiger partial charge in [0.25, 0.3) is 5.91 Å². The topological polar surface area (TPSA) is 148 Å². The predicted molar refractivity (Wildman–Crippen MR) is 143 cm³/mol. The van der Waals surface area contributed by atoms with Gasteiger partial charge in [0, 0.05) is 56.6 Å². The second-order valence-corrected chi connectivity index (χ2v) is 9.21. The Labute approximate surface area is 220 Å². The van der Waals surface area contributed by atoms with Gasteiger partial charge in [-0.3, -0.25) is 19.2 Å². The van der Waals surface area contributed by atoms with E-state index in [2.05, 4.69) is 31.2 Å². The summed E-state index contributed by atoms with van der Waals surface area (Å²) in [6.45, 7) is 2.89. The maximum Gasteiger partial charge on any atom is 0.270 e. The van der Waals surface area contributed by atoms with E-state index < -0.39 is 11.9 Å². The Balaban J connectivity index is 1.53. The second-order valence-electron chi connectivity index (χ2n) is 9.21. The first-order valence-corrected chi connectivity index (χ1v) is 12.8. The monoisotopic (exact) mass is 519 g/mol. The molecule has 2 bridgehead atoms. The highest BCUT2D eigenvalue weighted by Crippen LogP contribution is 2.19. The lowest BCUT2D eigenvalue weighted by Gasteiger charge is -2.21. The molecule has 2 aromatic heterocycles. The lowest BCUT2D eigenvalue weighted by molar-refractivity contribution is -0.134. The van der Waals surface area contributed by atoms with Crippen molar-refractivity contribution in [1.82, 2.24) is 30.8 Å². The lowest BCUT2D eigenvalue weighted by Crippen LogP contribution is -2.48. The molecule has 11 nitrogen and oxygen atoms in total. The van der Waals surface area contributed by atoms with Gasteiger partial charge in [-0.15, -0.1) is 0 Å². The number of para-hydroxylation sites is 1. The van der Waals surface area contributed by atoms with Gasteiger partial charge in [-0.25, -0.2) is 4.98 Å². The number of hydrogen-bond acceptors (Lipinski definition) is 6. The number of fused-ring (bicyclic) bond motifs is 3. The summed E-state index contributed by atoms with van der Waals surface area (Å²) in [5, 5.41) is 12.6. The van der Waals surface area contributed by atoms with Crippen molar-refractivity contribution in [3.05, 3.63) is 59.9 Å². The summed E-state index contributed by atoms with van der Waals surface area (Å²) in [6.07, 6.45) is 3.38. The van der Waals surface area contributed by atoms with Gasteiger partial charge < -0.3 is 31.2 Å². The molecule has 0 saturated carbocycles. The number of aromatic amines is 1. The Morgan fingerprint density at radius 3 is 2.63 bits per heavy atom. The lowest BCUT2D eigenvalue weighted by atomic mass is 10.0. The largest absolute Gasteiger partial charge is 0.368 e. The molecule has 4 rings (SSSR count). The standard InChI is InChI=1S/C27H33N7O4/c1-18(35)34-14-5-4-11-30-26(37)23(15-19-16-31-21-8-3-2-7-20(19)21)33-27(38)22-9-6-10-24(32-22)28-12-13-29-25(36)17-34/h2-3,6-10,16,23,31H,4-5,11-15,17H2,1H3,(H,28,32)(H,29,36)(H,30,37)(H,33,38)/t23-/m0/s1. The Morgan fingerprint density at radius 1 is 0.974 bits per heavy atom. The Morgan fingerprint density at radius 2 is 1.79 bits per heavy atom. The molecule has 1 atom stereocenters. The summed E-state index contributed by atoms with van der Waals surface area (Å²) in [7, 11) is 0. The van der Waals surface area contributed by atoms with E-state index in [1.807, 2.05) is 30.5 Å². The van der Waals surface area contributed by atoms with Gasteiger partial charge in [-0.2, -0.15) is 0 Å². The highest BCUT2D eigenvalue weighted by atomic mass is 16.2. The van der Waals surface area contributed by atoms with Crippen molar-refractivity contribution < 1.29 is 19.2 Å². The van der Waals surface area contributed by atoms with Gasteiger partial charge >= 0.3 is 0 Å². The van der Waals surface area contributed by atoms with Crippen LogP contribution in [0.3, 0.4) is 0 Å². The number of benzene rings is 1. The van der Waals surface area contributed by atoms with E-state index in [9.17, 15) is 19.2 Å². The van der Waals surface area contributed by atoms with Gasteiger partial charge in [0.15, 0.2) is 0 Å². The molecule has 0 spiro atoms. The molecule has 5 N–H and O–H groups in total. The zero-order valence-electron chi connectivity index (χ0n) is 21.4. The van der Waals surface area contributed by atoms with Crippen LogP contribution in [-0.4, -0.2) is 77.3 Å². The SMILES string of the molecule is CC(=O)N1CCCCNC(=O)[C@H](Cc2c[nH]c3ccccc23)NC(=O)c2cccc(n2)NCCNC(=O)C1. The fourth-order valence-electron chi connectivity index (χ4n) is 4.35. The molecule has 38 heavy (non-hydrogen) atoms. The fourth-order valence-corrected chi connectivity index (χ4v) is 4.35. The maximum atomic E-state index is 13.2. The maximum absolute atomic E-state index is 13.2. The molecule has 0 fully saturated rings. The molecule has 3 heterocycles. The number of hydrogen-bond donors (Lipinski definition) is 5. The summed E-state index contributed by atoms with van der Waals surface area (Å²) >= 11 is 0. The minimum absolute atomic E-state index is 0.0272. The third kappa shape index (κ3) is 7.09. The summed E-state index contributed by atoms with van der Waals surface area (Å²) in [5.74, 6) is -0.742. The Hall–Kier alpha value is -4.41. The summed E-state index contributed by atoms with van der Waals surface area (Å²) in [4.78, 5) is 59.7. The third-order valence-electron chi connectivity index (χ3n) is 6.39. The zero-order valence-corrected chi connectivity index (χ0v) is 21.4. The minimum atomic E-state index is -0.822. The number of pyridine rings is 1. The number of carbonyl (C=O) groups excluding carboxylic acids is 4. The van der Waals surface area contributed by atoms with Crippen molar-refractivity contribution in [3.63, 3.8) is 0 Å². The van der Waals surface area contributed by atoms with Crippen molar-refractivity contribution in [2.45, 2.75) is 32.2 Å². The molecular formula is C27H33N7O4. The molecule has 0 aliphatic carbocycles. The number of nitrogens with zero attached hydrogens (tertiary/aromatic N) is 2. The normalized spacial score (nSPS) is 18.3. The van der Waals surface area contributed by atoms with Crippen molar-refractivity contribution in [3.8, 4) is 0 Å². The molecule has 200 valence electrons. The molecule has 4 amide bonds. The van der Waals surface area contributed by atoms with Crippen LogP contribution >= 0.6 is 0 Å². The van der Waals surface area contributed by atoms with E-state index in [-0.39, 0.29) is 30.0 Å². The molecule has 3 aromatic rings. The number of nitrogens with one attached hydrogen (secondary N) is 5. The van der Waals surface area contributed by atoms with Crippen LogP contribution in [0.15, 0.2) is 48.7 Å². The number of rotatable bonds is 2. The van der Waals surface area contributed by atoms with Gasteiger partial charge in [0.05, 0.1) is 6.54 Å². The molecule has 0 radical (unpaired) electrons. The number of aromatic nitrogens is 2. The van der Waals surface area contributed by atoms with Crippen LogP contribution in [0, 0.1) is 0 Å². The van der Waals surface area contributed by atoms with Crippen LogP contribution in [0.4, 0.5) is 5.82 Å². The van der Waals surface area contributed by atoms with Crippen molar-refractivity contribution in [2.75, 3.05) is 38.0 Å². The van der Waals surface area contributed by atoms with Gasteiger partial charge in [-0.1, -0.05) is 24.3 Å². The first-order chi connectivity index (χ1) is 18.4. The molecule has 0 unspecified atom stereocenters. The first-order valence-electron chi connectivity index (χ1n) is 12.8. The zero-order chi connectivity index (χ0) is 26.9. The first kappa shape index (κ1) is 26.6. The highest BCUT2D eigenvalue weighted by Gasteiger charge is 2.24. The number of anilines is 1. The van der Waals surface area contributed by atoms with Crippen molar-refractivity contribution >= 4 is 40.3 Å². The third-order valence-corrected chi connectivity index (χ3v) is 6.39. The molecule has 1 aromatic carbocycles. The molecule has 1 aliphatic heterocycles. The van der Waals surface area contributed by atoms with Crippen LogP contribution in [0.1, 0.15) is 35.8 Å². The fraction of sp³-hybridized carbons (Fsp3) is 0.370. The molecule has 1 aliphatic rings. The van der Waals surface area contributed by atoms with Crippen LogP contribution < -0.4 is 21.3 Å². The minimum Gasteiger partial charge on any atom is -0.368 e. The quantitative estimate of drug-likeness (QED) is 0.344. The number of amides is 4. The van der Waals surface area contributed by atoms with Crippen LogP contribution in [-0.2, 0) is 20.8 Å². The highest BCUT2D eigenvalue weighted by molar-refractivity contribution is 5.97. The summed E-state index contributed by atoms with van der Waals surface area (Å²) < 4.78 is 0. The summed E-state index contributed by atoms with van der Waals surface area (Å²) in [5.41, 5.74) is 2.04. The average Bonchev–Trinajstić information content (AvgIpc) is 3.32. The van der Waals surface area contributed by atoms with Gasteiger partial charge in [0.2, 0.25) is 17.7 Å². The van der Waals surface area contributed by atoms with Crippen molar-refractivity contribution in [1.29, 1.82) is 0 Å². The van der Waals surface area contributed by atoms with E-state index in [4.69, 9.17) is 0 Å². The second kappa shape index (κ2) is 12.7. The Bertz CT molecular complexity index is 1310. The van der Waals surface area contributed by atoms with E-state index in [1.165, 1.54) is 11.8 Å². The van der Waals surface area contributed by atoms with E-state index in [1.54, 1.807) is 18.2 Å². The summed E-state index contributed by atoms with van der Waals surface area (Å²) in [6, 6.07) is 12.0. The molecule has 0 saturated heterocycles. The van der Waals surface area contributed by atoms with Gasteiger partial charge in [0.1, 0.15) is 17.6 Å². The van der Waals surface area contributed by atoms with Crippen LogP contribution in [0.25, 0.3) is 10.9 Å². The van der Waals surface area contributed by atoms with E-state index in [0.717, 1.165) is 16.5 Å².